The maximum absolute atomic E-state index is 10.2. The first-order valence-corrected chi connectivity index (χ1v) is 5.37. The van der Waals surface area contributed by atoms with Gasteiger partial charge in [0.2, 0.25) is 0 Å². The molecule has 0 saturated carbocycles. The number of nitro benzene ring substituents is 1. The minimum atomic E-state index is -0.403. The Labute approximate surface area is 101 Å². The summed E-state index contributed by atoms with van der Waals surface area (Å²) in [5, 5.41) is 10.1. The average Bonchev–Trinajstić information content (AvgIpc) is 2.30. The summed E-state index contributed by atoms with van der Waals surface area (Å²) in [6.07, 6.45) is 0.480. The van der Waals surface area contributed by atoms with Gasteiger partial charge in [0.25, 0.3) is 5.69 Å². The Kier molecular flexibility index (Phi) is 7.34. The molecule has 0 atom stereocenters. The van der Waals surface area contributed by atoms with Crippen molar-refractivity contribution in [2.75, 3.05) is 6.61 Å². The van der Waals surface area contributed by atoms with Crippen molar-refractivity contribution in [2.24, 2.45) is 0 Å². The first kappa shape index (κ1) is 15.1. The molecular weight excluding hydrogens is 222 g/mol. The van der Waals surface area contributed by atoms with Crippen molar-refractivity contribution in [3.05, 3.63) is 39.9 Å². The number of carbonyl (C=O) groups excluding carboxylic acids is 1. The quantitative estimate of drug-likeness (QED) is 0.462. The SMILES string of the molecule is CCOC(=O)CC.Cc1ccc([N+](=O)[O-])cc1. The van der Waals surface area contributed by atoms with E-state index in [0.29, 0.717) is 13.0 Å². The number of carbonyl (C=O) groups is 1. The fraction of sp³-hybridized carbons (Fsp3) is 0.417. The second-order valence-electron chi connectivity index (χ2n) is 3.25. The van der Waals surface area contributed by atoms with E-state index >= 15 is 0 Å². The number of benzene rings is 1. The van der Waals surface area contributed by atoms with Gasteiger partial charge in [0.05, 0.1) is 11.5 Å². The number of esters is 1. The van der Waals surface area contributed by atoms with Gasteiger partial charge in [0, 0.05) is 18.6 Å². The molecule has 0 unspecified atom stereocenters. The molecule has 0 bridgehead atoms. The van der Waals surface area contributed by atoms with Crippen LogP contribution in [0.1, 0.15) is 25.8 Å². The Morgan fingerprint density at radius 3 is 2.12 bits per heavy atom. The van der Waals surface area contributed by atoms with Crippen LogP contribution in [-0.4, -0.2) is 17.5 Å². The standard InChI is InChI=1S/C7H7NO2.C5H10O2/c1-6-2-4-7(5-3-6)8(9)10;1-3-5(6)7-4-2/h2-5H,1H3;3-4H2,1-2H3. The normalized spacial score (nSPS) is 8.88. The number of rotatable bonds is 3. The summed E-state index contributed by atoms with van der Waals surface area (Å²) < 4.78 is 4.55. The third-order valence-electron chi connectivity index (χ3n) is 1.84. The molecule has 17 heavy (non-hydrogen) atoms. The molecule has 0 aromatic heterocycles. The Bertz CT molecular complexity index is 359. The van der Waals surface area contributed by atoms with Gasteiger partial charge in [-0.1, -0.05) is 24.6 Å². The van der Waals surface area contributed by atoms with Gasteiger partial charge in [0.1, 0.15) is 0 Å². The van der Waals surface area contributed by atoms with Crippen LogP contribution in [0, 0.1) is 17.0 Å². The van der Waals surface area contributed by atoms with Gasteiger partial charge in [-0.05, 0) is 13.8 Å². The summed E-state index contributed by atoms with van der Waals surface area (Å²) in [6, 6.07) is 6.43. The highest BCUT2D eigenvalue weighted by molar-refractivity contribution is 5.68. The maximum atomic E-state index is 10.2. The molecule has 0 fully saturated rings. The maximum Gasteiger partial charge on any atom is 0.305 e. The van der Waals surface area contributed by atoms with E-state index in [1.54, 1.807) is 26.0 Å². The second kappa shape index (κ2) is 8.27. The van der Waals surface area contributed by atoms with E-state index in [0.717, 1.165) is 5.56 Å². The fourth-order valence-electron chi connectivity index (χ4n) is 0.930. The van der Waals surface area contributed by atoms with Crippen LogP contribution in [0.2, 0.25) is 0 Å². The summed E-state index contributed by atoms with van der Waals surface area (Å²) in [5.41, 5.74) is 1.18. The molecule has 1 aromatic rings. The highest BCUT2D eigenvalue weighted by atomic mass is 16.6. The molecular formula is C12H17NO4. The summed E-state index contributed by atoms with van der Waals surface area (Å²) in [4.78, 5) is 19.9. The van der Waals surface area contributed by atoms with Crippen LogP contribution < -0.4 is 0 Å². The molecule has 5 nitrogen and oxygen atoms in total. The lowest BCUT2D eigenvalue weighted by Gasteiger charge is -1.93. The molecule has 0 amide bonds. The van der Waals surface area contributed by atoms with Gasteiger partial charge < -0.3 is 4.74 Å². The zero-order valence-corrected chi connectivity index (χ0v) is 10.3. The molecule has 5 heteroatoms. The van der Waals surface area contributed by atoms with Gasteiger partial charge in [0.15, 0.2) is 0 Å². The Morgan fingerprint density at radius 1 is 1.29 bits per heavy atom. The lowest BCUT2D eigenvalue weighted by atomic mass is 10.2. The molecule has 94 valence electrons. The minimum Gasteiger partial charge on any atom is -0.466 e. The summed E-state index contributed by atoms with van der Waals surface area (Å²) >= 11 is 0. The van der Waals surface area contributed by atoms with Gasteiger partial charge in [-0.2, -0.15) is 0 Å². The van der Waals surface area contributed by atoms with Crippen molar-refractivity contribution in [3.8, 4) is 0 Å². The van der Waals surface area contributed by atoms with Gasteiger partial charge in [-0.25, -0.2) is 0 Å². The fourth-order valence-corrected chi connectivity index (χ4v) is 0.930. The number of hydrogen-bond acceptors (Lipinski definition) is 4. The van der Waals surface area contributed by atoms with Crippen molar-refractivity contribution >= 4 is 11.7 Å². The summed E-state index contributed by atoms with van der Waals surface area (Å²) in [6.45, 7) is 5.96. The lowest BCUT2D eigenvalue weighted by Crippen LogP contribution is -2.00. The van der Waals surface area contributed by atoms with Gasteiger partial charge >= 0.3 is 5.97 Å². The average molecular weight is 239 g/mol. The monoisotopic (exact) mass is 239 g/mol. The van der Waals surface area contributed by atoms with Crippen LogP contribution in [0.4, 0.5) is 5.69 Å². The van der Waals surface area contributed by atoms with E-state index < -0.39 is 4.92 Å². The summed E-state index contributed by atoms with van der Waals surface area (Å²) in [7, 11) is 0. The minimum absolute atomic E-state index is 0.123. The van der Waals surface area contributed by atoms with Crippen molar-refractivity contribution in [1.29, 1.82) is 0 Å². The van der Waals surface area contributed by atoms with Crippen LogP contribution in [0.15, 0.2) is 24.3 Å². The predicted octanol–water partition coefficient (Wildman–Crippen LogP) is 2.86. The number of non-ortho nitro benzene ring substituents is 1. The van der Waals surface area contributed by atoms with E-state index in [4.69, 9.17) is 0 Å². The molecule has 0 heterocycles. The smallest absolute Gasteiger partial charge is 0.305 e. The van der Waals surface area contributed by atoms with Gasteiger partial charge in [-0.15, -0.1) is 0 Å². The van der Waals surface area contributed by atoms with Crippen molar-refractivity contribution in [1.82, 2.24) is 0 Å². The Balaban J connectivity index is 0.000000325. The van der Waals surface area contributed by atoms with Crippen LogP contribution in [0.3, 0.4) is 0 Å². The topological polar surface area (TPSA) is 69.4 Å². The first-order chi connectivity index (χ1) is 8.01. The van der Waals surface area contributed by atoms with Gasteiger partial charge in [-0.3, -0.25) is 14.9 Å². The van der Waals surface area contributed by atoms with E-state index in [1.165, 1.54) is 12.1 Å². The highest BCUT2D eigenvalue weighted by Gasteiger charge is 2.00. The highest BCUT2D eigenvalue weighted by Crippen LogP contribution is 2.10. The first-order valence-electron chi connectivity index (χ1n) is 5.37. The molecule has 0 spiro atoms. The van der Waals surface area contributed by atoms with Crippen molar-refractivity contribution < 1.29 is 14.5 Å². The third-order valence-corrected chi connectivity index (χ3v) is 1.84. The van der Waals surface area contributed by atoms with Crippen molar-refractivity contribution in [3.63, 3.8) is 0 Å². The van der Waals surface area contributed by atoms with Crippen LogP contribution in [0.5, 0.6) is 0 Å². The molecule has 0 aliphatic carbocycles. The van der Waals surface area contributed by atoms with E-state index in [9.17, 15) is 14.9 Å². The van der Waals surface area contributed by atoms with Crippen LogP contribution >= 0.6 is 0 Å². The summed E-state index contributed by atoms with van der Waals surface area (Å²) in [5.74, 6) is -0.123. The molecule has 0 aliphatic heterocycles. The van der Waals surface area contributed by atoms with Crippen LogP contribution in [0.25, 0.3) is 0 Å². The molecule has 1 aromatic carbocycles. The van der Waals surface area contributed by atoms with Crippen molar-refractivity contribution in [2.45, 2.75) is 27.2 Å². The molecule has 0 aliphatic rings. The largest absolute Gasteiger partial charge is 0.466 e. The van der Waals surface area contributed by atoms with E-state index in [2.05, 4.69) is 4.74 Å². The Morgan fingerprint density at radius 2 is 1.82 bits per heavy atom. The molecule has 0 N–H and O–H groups in total. The number of aryl methyl sites for hydroxylation is 1. The predicted molar refractivity (Wildman–Crippen MR) is 64.8 cm³/mol. The number of hydrogen-bond donors (Lipinski definition) is 0. The lowest BCUT2D eigenvalue weighted by molar-refractivity contribution is -0.384. The Hall–Kier alpha value is -1.91. The molecule has 0 radical (unpaired) electrons. The molecule has 1 rings (SSSR count). The zero-order chi connectivity index (χ0) is 13.3. The van der Waals surface area contributed by atoms with E-state index in [-0.39, 0.29) is 11.7 Å². The van der Waals surface area contributed by atoms with Crippen LogP contribution in [-0.2, 0) is 9.53 Å². The second-order valence-corrected chi connectivity index (χ2v) is 3.25. The number of nitro groups is 1. The molecule has 0 saturated heterocycles. The number of ether oxygens (including phenoxy) is 1. The zero-order valence-electron chi connectivity index (χ0n) is 10.3. The number of nitrogens with zero attached hydrogens (tertiary/aromatic N) is 1. The third kappa shape index (κ3) is 7.05. The van der Waals surface area contributed by atoms with E-state index in [1.807, 2.05) is 6.92 Å².